The van der Waals surface area contributed by atoms with E-state index in [-0.39, 0.29) is 0 Å². The van der Waals surface area contributed by atoms with Crippen molar-refractivity contribution in [3.63, 3.8) is 0 Å². The van der Waals surface area contributed by atoms with Crippen molar-refractivity contribution in [3.8, 4) is 5.69 Å². The van der Waals surface area contributed by atoms with Gasteiger partial charge in [-0.3, -0.25) is 4.90 Å². The van der Waals surface area contributed by atoms with Crippen LogP contribution in [0.1, 0.15) is 28.6 Å². The fraction of sp³-hybridized carbons (Fsp3) is 0.500. The molecule has 0 bridgehead atoms. The highest BCUT2D eigenvalue weighted by Gasteiger charge is 2.21. The zero-order chi connectivity index (χ0) is 17.3. The SMILES string of the molecule is Cc1ccc(-n2c(C)cc(C(O)CN3CCN(C)CC3)c2C)cc1. The maximum atomic E-state index is 10.8. The summed E-state index contributed by atoms with van der Waals surface area (Å²) >= 11 is 0. The third-order valence-corrected chi connectivity index (χ3v) is 5.15. The maximum Gasteiger partial charge on any atom is 0.0934 e. The third kappa shape index (κ3) is 3.56. The molecule has 1 saturated heterocycles. The van der Waals surface area contributed by atoms with Gasteiger partial charge in [-0.05, 0) is 46.0 Å². The standard InChI is InChI=1S/C20H29N3O/c1-15-5-7-18(8-6-15)23-16(2)13-19(17(23)3)20(24)14-22-11-9-21(4)10-12-22/h5-8,13,20,24H,9-12,14H2,1-4H3. The second-order valence-corrected chi connectivity index (χ2v) is 7.12. The average Bonchev–Trinajstić information content (AvgIpc) is 2.85. The van der Waals surface area contributed by atoms with Gasteiger partial charge in [0.05, 0.1) is 6.10 Å². The largest absolute Gasteiger partial charge is 0.387 e. The topological polar surface area (TPSA) is 31.6 Å². The Morgan fingerprint density at radius 2 is 1.62 bits per heavy atom. The molecule has 2 heterocycles. The Morgan fingerprint density at radius 3 is 2.25 bits per heavy atom. The van der Waals surface area contributed by atoms with Crippen molar-refractivity contribution in [1.29, 1.82) is 0 Å². The van der Waals surface area contributed by atoms with Gasteiger partial charge in [0.25, 0.3) is 0 Å². The second-order valence-electron chi connectivity index (χ2n) is 7.12. The molecule has 4 heteroatoms. The van der Waals surface area contributed by atoms with E-state index in [1.807, 2.05) is 0 Å². The minimum atomic E-state index is -0.432. The van der Waals surface area contributed by atoms with E-state index in [1.165, 1.54) is 11.3 Å². The summed E-state index contributed by atoms with van der Waals surface area (Å²) in [7, 11) is 2.16. The first-order valence-corrected chi connectivity index (χ1v) is 8.80. The van der Waals surface area contributed by atoms with Crippen molar-refractivity contribution < 1.29 is 5.11 Å². The number of aryl methyl sites for hydroxylation is 2. The van der Waals surface area contributed by atoms with Crippen molar-refractivity contribution in [2.75, 3.05) is 39.8 Å². The molecule has 1 fully saturated rings. The van der Waals surface area contributed by atoms with Crippen LogP contribution in [0.2, 0.25) is 0 Å². The third-order valence-electron chi connectivity index (χ3n) is 5.15. The number of hydrogen-bond acceptors (Lipinski definition) is 3. The molecular formula is C20H29N3O. The van der Waals surface area contributed by atoms with E-state index >= 15 is 0 Å². The molecule has 130 valence electrons. The van der Waals surface area contributed by atoms with Crippen LogP contribution in [0.4, 0.5) is 0 Å². The summed E-state index contributed by atoms with van der Waals surface area (Å²) < 4.78 is 2.24. The van der Waals surface area contributed by atoms with Crippen molar-refractivity contribution in [2.24, 2.45) is 0 Å². The monoisotopic (exact) mass is 327 g/mol. The second kappa shape index (κ2) is 7.09. The number of piperazine rings is 1. The average molecular weight is 327 g/mol. The molecule has 1 aliphatic heterocycles. The lowest BCUT2D eigenvalue weighted by atomic mass is 10.1. The molecule has 2 aromatic rings. The first-order chi connectivity index (χ1) is 11.5. The van der Waals surface area contributed by atoms with Gasteiger partial charge in [-0.25, -0.2) is 0 Å². The van der Waals surface area contributed by atoms with Crippen LogP contribution in [-0.2, 0) is 0 Å². The molecule has 0 spiro atoms. The molecule has 24 heavy (non-hydrogen) atoms. The number of benzene rings is 1. The minimum absolute atomic E-state index is 0.432. The van der Waals surface area contributed by atoms with Crippen LogP contribution in [0.15, 0.2) is 30.3 Å². The van der Waals surface area contributed by atoms with Gasteiger partial charge in [0, 0.05) is 55.4 Å². The molecule has 0 radical (unpaired) electrons. The summed E-state index contributed by atoms with van der Waals surface area (Å²) in [6.07, 6.45) is -0.432. The lowest BCUT2D eigenvalue weighted by Gasteiger charge is -2.33. The molecular weight excluding hydrogens is 298 g/mol. The molecule has 0 aliphatic carbocycles. The minimum Gasteiger partial charge on any atom is -0.387 e. The Morgan fingerprint density at radius 1 is 1.00 bits per heavy atom. The van der Waals surface area contributed by atoms with Crippen LogP contribution in [0.5, 0.6) is 0 Å². The predicted octanol–water partition coefficient (Wildman–Crippen LogP) is 2.68. The lowest BCUT2D eigenvalue weighted by Crippen LogP contribution is -2.45. The van der Waals surface area contributed by atoms with Gasteiger partial charge in [0.2, 0.25) is 0 Å². The van der Waals surface area contributed by atoms with Crippen LogP contribution in [0, 0.1) is 20.8 Å². The zero-order valence-corrected chi connectivity index (χ0v) is 15.3. The van der Waals surface area contributed by atoms with E-state index in [2.05, 4.69) is 72.5 Å². The molecule has 3 rings (SSSR count). The Balaban J connectivity index is 1.79. The van der Waals surface area contributed by atoms with Crippen molar-refractivity contribution in [1.82, 2.24) is 14.4 Å². The molecule has 1 unspecified atom stereocenters. The molecule has 1 aliphatic rings. The number of aliphatic hydroxyl groups is 1. The normalized spacial score (nSPS) is 18.0. The Bertz CT molecular complexity index is 682. The van der Waals surface area contributed by atoms with E-state index in [0.717, 1.165) is 43.1 Å². The number of rotatable bonds is 4. The molecule has 0 amide bonds. The fourth-order valence-corrected chi connectivity index (χ4v) is 3.59. The van der Waals surface area contributed by atoms with Crippen molar-refractivity contribution in [2.45, 2.75) is 26.9 Å². The van der Waals surface area contributed by atoms with Crippen LogP contribution in [0.25, 0.3) is 5.69 Å². The van der Waals surface area contributed by atoms with Gasteiger partial charge in [-0.2, -0.15) is 0 Å². The molecule has 4 nitrogen and oxygen atoms in total. The number of aliphatic hydroxyl groups excluding tert-OH is 1. The predicted molar refractivity (Wildman–Crippen MR) is 98.9 cm³/mol. The summed E-state index contributed by atoms with van der Waals surface area (Å²) in [5.74, 6) is 0. The zero-order valence-electron chi connectivity index (χ0n) is 15.3. The quantitative estimate of drug-likeness (QED) is 0.937. The fourth-order valence-electron chi connectivity index (χ4n) is 3.59. The van der Waals surface area contributed by atoms with Gasteiger partial charge in [-0.1, -0.05) is 17.7 Å². The Labute approximate surface area is 145 Å². The number of hydrogen-bond donors (Lipinski definition) is 1. The van der Waals surface area contributed by atoms with Gasteiger partial charge in [0.1, 0.15) is 0 Å². The maximum absolute atomic E-state index is 10.8. The number of β-amino-alcohol motifs (C(OH)–C–C–N with tert-alkyl or cyclic N) is 1. The summed E-state index contributed by atoms with van der Waals surface area (Å²) in [6, 6.07) is 10.7. The van der Waals surface area contributed by atoms with E-state index in [9.17, 15) is 5.11 Å². The van der Waals surface area contributed by atoms with E-state index < -0.39 is 6.10 Å². The first kappa shape index (κ1) is 17.2. The van der Waals surface area contributed by atoms with Crippen LogP contribution in [0.3, 0.4) is 0 Å². The summed E-state index contributed by atoms with van der Waals surface area (Å²) in [6.45, 7) is 11.3. The molecule has 1 aromatic carbocycles. The highest BCUT2D eigenvalue weighted by Crippen LogP contribution is 2.26. The highest BCUT2D eigenvalue weighted by atomic mass is 16.3. The molecule has 1 atom stereocenters. The lowest BCUT2D eigenvalue weighted by molar-refractivity contribution is 0.0802. The molecule has 1 N–H and O–H groups in total. The van der Waals surface area contributed by atoms with Crippen LogP contribution in [-0.4, -0.2) is 59.2 Å². The van der Waals surface area contributed by atoms with Crippen molar-refractivity contribution >= 4 is 0 Å². The molecule has 1 aromatic heterocycles. The van der Waals surface area contributed by atoms with E-state index in [4.69, 9.17) is 0 Å². The first-order valence-electron chi connectivity index (χ1n) is 8.80. The number of nitrogens with zero attached hydrogens (tertiary/aromatic N) is 3. The Hall–Kier alpha value is -1.62. The highest BCUT2D eigenvalue weighted by molar-refractivity contribution is 5.42. The Kier molecular flexibility index (Phi) is 5.09. The molecule has 0 saturated carbocycles. The van der Waals surface area contributed by atoms with Crippen molar-refractivity contribution in [3.05, 3.63) is 52.8 Å². The van der Waals surface area contributed by atoms with Gasteiger partial charge in [0.15, 0.2) is 0 Å². The van der Waals surface area contributed by atoms with Gasteiger partial charge >= 0.3 is 0 Å². The smallest absolute Gasteiger partial charge is 0.0934 e. The van der Waals surface area contributed by atoms with Crippen LogP contribution >= 0.6 is 0 Å². The summed E-state index contributed by atoms with van der Waals surface area (Å²) in [4.78, 5) is 4.70. The number of likely N-dealkylation sites (N-methyl/N-ethyl adjacent to an activating group) is 1. The van der Waals surface area contributed by atoms with E-state index in [0.29, 0.717) is 6.54 Å². The summed E-state index contributed by atoms with van der Waals surface area (Å²) in [5.41, 5.74) is 5.78. The van der Waals surface area contributed by atoms with Gasteiger partial charge in [-0.15, -0.1) is 0 Å². The van der Waals surface area contributed by atoms with Crippen LogP contribution < -0.4 is 0 Å². The summed E-state index contributed by atoms with van der Waals surface area (Å²) in [5, 5.41) is 10.8. The number of aromatic nitrogens is 1. The van der Waals surface area contributed by atoms with E-state index in [1.54, 1.807) is 0 Å². The van der Waals surface area contributed by atoms with Gasteiger partial charge < -0.3 is 14.6 Å².